The fourth-order valence-electron chi connectivity index (χ4n) is 5.57. The maximum absolute atomic E-state index is 3.87. The molecule has 4 aromatic carbocycles. The van der Waals surface area contributed by atoms with E-state index in [9.17, 15) is 0 Å². The van der Waals surface area contributed by atoms with Gasteiger partial charge in [-0.2, -0.15) is 0 Å². The molecule has 0 spiro atoms. The van der Waals surface area contributed by atoms with Crippen molar-refractivity contribution in [1.29, 1.82) is 0 Å². The number of rotatable bonds is 2. The van der Waals surface area contributed by atoms with E-state index in [2.05, 4.69) is 124 Å². The summed E-state index contributed by atoms with van der Waals surface area (Å²) < 4.78 is 0. The molecule has 32 heavy (non-hydrogen) atoms. The number of hydrogen-bond donors (Lipinski definition) is 2. The molecule has 2 N–H and O–H groups in total. The number of para-hydroxylation sites is 3. The van der Waals surface area contributed by atoms with E-state index < -0.39 is 0 Å². The fourth-order valence-corrected chi connectivity index (χ4v) is 5.57. The van der Waals surface area contributed by atoms with E-state index in [0.29, 0.717) is 0 Å². The van der Waals surface area contributed by atoms with Gasteiger partial charge in [0.1, 0.15) is 18.5 Å². The maximum atomic E-state index is 3.87. The molecule has 4 nitrogen and oxygen atoms in total. The lowest BCUT2D eigenvalue weighted by Crippen LogP contribution is -2.58. The van der Waals surface area contributed by atoms with Gasteiger partial charge in [-0.1, -0.05) is 72.3 Å². The summed E-state index contributed by atoms with van der Waals surface area (Å²) in [6.45, 7) is 2.13. The molecule has 4 aromatic rings. The number of aryl methyl sites for hydroxylation is 1. The summed E-state index contributed by atoms with van der Waals surface area (Å²) in [7, 11) is 0. The van der Waals surface area contributed by atoms with Crippen molar-refractivity contribution in [1.82, 2.24) is 0 Å². The molecule has 0 saturated heterocycles. The van der Waals surface area contributed by atoms with E-state index in [1.807, 2.05) is 0 Å². The van der Waals surface area contributed by atoms with Crippen LogP contribution in [0.1, 0.15) is 40.8 Å². The van der Waals surface area contributed by atoms with Gasteiger partial charge < -0.3 is 20.4 Å². The molecule has 0 saturated carbocycles. The summed E-state index contributed by atoms with van der Waals surface area (Å²) in [6, 6.07) is 35.1. The zero-order valence-electron chi connectivity index (χ0n) is 17.9. The van der Waals surface area contributed by atoms with Crippen molar-refractivity contribution < 1.29 is 0 Å². The maximum Gasteiger partial charge on any atom is 0.134 e. The van der Waals surface area contributed by atoms with Crippen LogP contribution in [0.5, 0.6) is 0 Å². The molecule has 3 atom stereocenters. The first kappa shape index (κ1) is 17.7. The number of benzene rings is 4. The quantitative estimate of drug-likeness (QED) is 0.387. The van der Waals surface area contributed by atoms with Crippen molar-refractivity contribution >= 4 is 22.7 Å². The van der Waals surface area contributed by atoms with E-state index in [-0.39, 0.29) is 18.5 Å². The predicted octanol–water partition coefficient (Wildman–Crippen LogP) is 6.57. The van der Waals surface area contributed by atoms with Crippen LogP contribution in [-0.4, -0.2) is 0 Å². The van der Waals surface area contributed by atoms with Gasteiger partial charge in [0, 0.05) is 39.4 Å². The SMILES string of the molecule is Cc1ccc(N[C@@H]2c3ccccc3N3C4c5ccccc5N[C@H]3c3ccccc3N42)cc1. The van der Waals surface area contributed by atoms with Crippen LogP contribution in [0, 0.1) is 6.92 Å². The van der Waals surface area contributed by atoms with Gasteiger partial charge in [-0.05, 0) is 37.3 Å². The van der Waals surface area contributed by atoms with Crippen LogP contribution >= 0.6 is 0 Å². The van der Waals surface area contributed by atoms with Crippen molar-refractivity contribution in [3.63, 3.8) is 0 Å². The van der Waals surface area contributed by atoms with Gasteiger partial charge in [0.2, 0.25) is 0 Å². The summed E-state index contributed by atoms with van der Waals surface area (Å²) in [5.41, 5.74) is 10.1. The molecule has 0 amide bonds. The fraction of sp³-hybridized carbons (Fsp3) is 0.143. The smallest absolute Gasteiger partial charge is 0.134 e. The van der Waals surface area contributed by atoms with Crippen LogP contribution in [0.4, 0.5) is 22.7 Å². The molecular weight excluding hydrogens is 392 g/mol. The molecule has 3 heterocycles. The Kier molecular flexibility index (Phi) is 3.62. The summed E-state index contributed by atoms with van der Waals surface area (Å²) in [4.78, 5) is 5.11. The van der Waals surface area contributed by atoms with Gasteiger partial charge in [0.25, 0.3) is 0 Å². The molecule has 156 valence electrons. The summed E-state index contributed by atoms with van der Waals surface area (Å²) in [5.74, 6) is 0. The van der Waals surface area contributed by atoms with Gasteiger partial charge in [0.15, 0.2) is 0 Å². The Morgan fingerprint density at radius 3 is 2.06 bits per heavy atom. The van der Waals surface area contributed by atoms with Gasteiger partial charge in [-0.25, -0.2) is 0 Å². The lowest BCUT2D eigenvalue weighted by molar-refractivity contribution is 0.432. The molecule has 7 rings (SSSR count). The Labute approximate surface area is 188 Å². The van der Waals surface area contributed by atoms with Gasteiger partial charge in [-0.3, -0.25) is 0 Å². The second-order valence-electron chi connectivity index (χ2n) is 8.85. The number of hydrogen-bond acceptors (Lipinski definition) is 4. The number of nitrogens with one attached hydrogen (secondary N) is 2. The first-order valence-corrected chi connectivity index (χ1v) is 11.2. The van der Waals surface area contributed by atoms with Crippen LogP contribution < -0.4 is 20.4 Å². The van der Waals surface area contributed by atoms with Crippen molar-refractivity contribution in [3.05, 3.63) is 119 Å². The van der Waals surface area contributed by atoms with Crippen LogP contribution in [0.3, 0.4) is 0 Å². The molecule has 0 aliphatic carbocycles. The Morgan fingerprint density at radius 1 is 0.656 bits per heavy atom. The normalized spacial score (nSPS) is 21.7. The highest BCUT2D eigenvalue weighted by Crippen LogP contribution is 2.58. The molecule has 3 aliphatic heterocycles. The predicted molar refractivity (Wildman–Crippen MR) is 131 cm³/mol. The number of nitrogens with zero attached hydrogens (tertiary/aromatic N) is 2. The zero-order chi connectivity index (χ0) is 21.2. The van der Waals surface area contributed by atoms with Crippen molar-refractivity contribution in [2.24, 2.45) is 0 Å². The minimum absolute atomic E-state index is 0.0170. The highest BCUT2D eigenvalue weighted by atomic mass is 15.5. The standard InChI is InChI=1S/C28H24N4/c1-18-14-16-19(17-15-18)29-26-21-9-3-6-12-24(21)32-27-22-10-4-7-13-25(22)31(26)28(32)20-8-2-5-11-23(20)30-27/h2-17,26-30H,1H3/t26-,27+,28?/m0/s1. The molecule has 4 bridgehead atoms. The Balaban J connectivity index is 1.49. The lowest BCUT2D eigenvalue weighted by Gasteiger charge is -2.60. The van der Waals surface area contributed by atoms with Crippen LogP contribution in [0.25, 0.3) is 0 Å². The van der Waals surface area contributed by atoms with Gasteiger partial charge in [-0.15, -0.1) is 0 Å². The zero-order valence-corrected chi connectivity index (χ0v) is 17.9. The molecular formula is C28H24N4. The molecule has 0 aromatic heterocycles. The van der Waals surface area contributed by atoms with Gasteiger partial charge >= 0.3 is 0 Å². The van der Waals surface area contributed by atoms with Crippen molar-refractivity contribution in [2.45, 2.75) is 25.4 Å². The summed E-state index contributed by atoms with van der Waals surface area (Å²) in [6.07, 6.45) is 0.234. The third-order valence-corrected chi connectivity index (χ3v) is 6.99. The second-order valence-corrected chi connectivity index (χ2v) is 8.85. The summed E-state index contributed by atoms with van der Waals surface area (Å²) >= 11 is 0. The van der Waals surface area contributed by atoms with Crippen molar-refractivity contribution in [2.75, 3.05) is 20.4 Å². The Hall–Kier alpha value is -3.92. The number of anilines is 4. The Bertz CT molecular complexity index is 1330. The Morgan fingerprint density at radius 2 is 1.28 bits per heavy atom. The van der Waals surface area contributed by atoms with Crippen LogP contribution in [0.15, 0.2) is 97.1 Å². The third-order valence-electron chi connectivity index (χ3n) is 6.99. The topological polar surface area (TPSA) is 30.5 Å². The van der Waals surface area contributed by atoms with E-state index in [1.165, 1.54) is 39.3 Å². The largest absolute Gasteiger partial charge is 0.361 e. The molecule has 1 unspecified atom stereocenters. The van der Waals surface area contributed by atoms with Crippen LogP contribution in [0.2, 0.25) is 0 Å². The van der Waals surface area contributed by atoms with Crippen LogP contribution in [-0.2, 0) is 0 Å². The van der Waals surface area contributed by atoms with E-state index in [1.54, 1.807) is 0 Å². The van der Waals surface area contributed by atoms with Crippen molar-refractivity contribution in [3.8, 4) is 0 Å². The highest BCUT2D eigenvalue weighted by Gasteiger charge is 2.50. The van der Waals surface area contributed by atoms with E-state index >= 15 is 0 Å². The van der Waals surface area contributed by atoms with E-state index in [0.717, 1.165) is 5.69 Å². The molecule has 0 radical (unpaired) electrons. The third kappa shape index (κ3) is 2.38. The average Bonchev–Trinajstić information content (AvgIpc) is 2.84. The second kappa shape index (κ2) is 6.54. The number of fused-ring (bicyclic) bond motifs is 5. The molecule has 3 aliphatic rings. The first-order chi connectivity index (χ1) is 15.8. The van der Waals surface area contributed by atoms with Gasteiger partial charge in [0.05, 0.1) is 0 Å². The lowest BCUT2D eigenvalue weighted by atomic mass is 9.88. The minimum atomic E-state index is 0.0170. The summed E-state index contributed by atoms with van der Waals surface area (Å²) in [5, 5.41) is 7.70. The first-order valence-electron chi connectivity index (χ1n) is 11.2. The monoisotopic (exact) mass is 416 g/mol. The van der Waals surface area contributed by atoms with E-state index in [4.69, 9.17) is 0 Å². The molecule has 0 fully saturated rings. The molecule has 4 heteroatoms. The average molecular weight is 417 g/mol. The minimum Gasteiger partial charge on any atom is -0.361 e. The highest BCUT2D eigenvalue weighted by molar-refractivity contribution is 5.79.